The molecule has 2 rings (SSSR count). The van der Waals surface area contributed by atoms with Crippen molar-refractivity contribution in [3.8, 4) is 0 Å². The van der Waals surface area contributed by atoms with Gasteiger partial charge in [0.05, 0.1) is 12.7 Å². The van der Waals surface area contributed by atoms with Crippen LogP contribution in [0.5, 0.6) is 0 Å². The zero-order valence-corrected chi connectivity index (χ0v) is 12.7. The van der Waals surface area contributed by atoms with Gasteiger partial charge in [-0.1, -0.05) is 12.1 Å². The van der Waals surface area contributed by atoms with Crippen molar-refractivity contribution >= 4 is 23.4 Å². The molecule has 2 aromatic rings. The minimum Gasteiger partial charge on any atom is -0.465 e. The van der Waals surface area contributed by atoms with E-state index < -0.39 is 11.8 Å². The first kappa shape index (κ1) is 15.4. The topological polar surface area (TPSA) is 38.3 Å². The number of benzene rings is 2. The van der Waals surface area contributed by atoms with Crippen LogP contribution in [0.3, 0.4) is 0 Å². The van der Waals surface area contributed by atoms with Crippen LogP contribution in [0.2, 0.25) is 0 Å². The number of rotatable bonds is 5. The van der Waals surface area contributed by atoms with Gasteiger partial charge in [0, 0.05) is 17.1 Å². The Morgan fingerprint density at radius 2 is 2.10 bits per heavy atom. The second kappa shape index (κ2) is 7.13. The summed E-state index contributed by atoms with van der Waals surface area (Å²) in [5.41, 5.74) is 1.68. The van der Waals surface area contributed by atoms with Crippen molar-refractivity contribution in [2.24, 2.45) is 0 Å². The molecule has 3 nitrogen and oxygen atoms in total. The van der Waals surface area contributed by atoms with Crippen LogP contribution < -0.4 is 5.32 Å². The first-order valence-corrected chi connectivity index (χ1v) is 7.61. The summed E-state index contributed by atoms with van der Waals surface area (Å²) < 4.78 is 18.3. The van der Waals surface area contributed by atoms with E-state index in [9.17, 15) is 9.18 Å². The normalized spacial score (nSPS) is 10.2. The van der Waals surface area contributed by atoms with Gasteiger partial charge in [0.15, 0.2) is 0 Å². The zero-order chi connectivity index (χ0) is 15.2. The highest BCUT2D eigenvalue weighted by Gasteiger charge is 2.12. The molecule has 0 saturated carbocycles. The molecule has 110 valence electrons. The van der Waals surface area contributed by atoms with E-state index in [0.29, 0.717) is 6.54 Å². The highest BCUT2D eigenvalue weighted by Crippen LogP contribution is 2.20. The molecule has 5 heteroatoms. The molecule has 0 aromatic heterocycles. The molecule has 0 atom stereocenters. The van der Waals surface area contributed by atoms with Gasteiger partial charge in [-0.25, -0.2) is 9.18 Å². The number of halogens is 1. The summed E-state index contributed by atoms with van der Waals surface area (Å²) in [6.45, 7) is 0.482. The lowest BCUT2D eigenvalue weighted by atomic mass is 10.1. The van der Waals surface area contributed by atoms with Gasteiger partial charge in [-0.2, -0.15) is 0 Å². The molecule has 0 aliphatic rings. The van der Waals surface area contributed by atoms with E-state index in [0.717, 1.165) is 16.1 Å². The van der Waals surface area contributed by atoms with Gasteiger partial charge < -0.3 is 10.1 Å². The molecule has 0 aliphatic heterocycles. The number of esters is 1. The van der Waals surface area contributed by atoms with Crippen LogP contribution in [-0.2, 0) is 11.3 Å². The SMILES string of the molecule is COC(=O)c1ccc(CNc2cccc(SC)c2)cc1F. The Labute approximate surface area is 127 Å². The van der Waals surface area contributed by atoms with Crippen molar-refractivity contribution in [2.75, 3.05) is 18.7 Å². The number of nitrogens with one attached hydrogen (secondary N) is 1. The number of anilines is 1. The van der Waals surface area contributed by atoms with Gasteiger partial charge in [-0.15, -0.1) is 11.8 Å². The lowest BCUT2D eigenvalue weighted by Crippen LogP contribution is -2.06. The van der Waals surface area contributed by atoms with Crippen molar-refractivity contribution in [2.45, 2.75) is 11.4 Å². The fourth-order valence-corrected chi connectivity index (χ4v) is 2.34. The van der Waals surface area contributed by atoms with Crippen LogP contribution in [0.1, 0.15) is 15.9 Å². The number of hydrogen-bond donors (Lipinski definition) is 1. The van der Waals surface area contributed by atoms with E-state index in [1.165, 1.54) is 19.2 Å². The summed E-state index contributed by atoms with van der Waals surface area (Å²) in [6, 6.07) is 12.5. The number of thioether (sulfide) groups is 1. The minimum absolute atomic E-state index is 0.0503. The van der Waals surface area contributed by atoms with Crippen LogP contribution in [0.25, 0.3) is 0 Å². The number of methoxy groups -OCH3 is 1. The zero-order valence-electron chi connectivity index (χ0n) is 11.9. The van der Waals surface area contributed by atoms with Crippen LogP contribution in [0, 0.1) is 5.82 Å². The van der Waals surface area contributed by atoms with E-state index >= 15 is 0 Å². The first-order chi connectivity index (χ1) is 10.1. The quantitative estimate of drug-likeness (QED) is 0.670. The molecule has 1 N–H and O–H groups in total. The second-order valence-electron chi connectivity index (χ2n) is 4.39. The molecular formula is C16H16FNO2S. The van der Waals surface area contributed by atoms with Crippen molar-refractivity contribution in [1.29, 1.82) is 0 Å². The lowest BCUT2D eigenvalue weighted by Gasteiger charge is -2.09. The molecule has 2 aromatic carbocycles. The Bertz CT molecular complexity index is 646. The summed E-state index contributed by atoms with van der Waals surface area (Å²) in [5.74, 6) is -1.24. The maximum absolute atomic E-state index is 13.8. The summed E-state index contributed by atoms with van der Waals surface area (Å²) in [6.07, 6.45) is 2.01. The molecule has 0 saturated heterocycles. The molecule has 21 heavy (non-hydrogen) atoms. The highest BCUT2D eigenvalue weighted by molar-refractivity contribution is 7.98. The smallest absolute Gasteiger partial charge is 0.340 e. The predicted molar refractivity (Wildman–Crippen MR) is 83.3 cm³/mol. The van der Waals surface area contributed by atoms with E-state index in [1.54, 1.807) is 17.8 Å². The van der Waals surface area contributed by atoms with Gasteiger partial charge in [0.2, 0.25) is 0 Å². The third-order valence-electron chi connectivity index (χ3n) is 3.01. The largest absolute Gasteiger partial charge is 0.465 e. The molecule has 0 heterocycles. The molecule has 0 aliphatic carbocycles. The molecular weight excluding hydrogens is 289 g/mol. The Balaban J connectivity index is 2.06. The summed E-state index contributed by atoms with van der Waals surface area (Å²) in [4.78, 5) is 12.5. The van der Waals surface area contributed by atoms with Crippen molar-refractivity contribution < 1.29 is 13.9 Å². The Morgan fingerprint density at radius 1 is 1.29 bits per heavy atom. The standard InChI is InChI=1S/C16H16FNO2S/c1-20-16(19)14-7-6-11(8-15(14)17)10-18-12-4-3-5-13(9-12)21-2/h3-9,18H,10H2,1-2H3. The fraction of sp³-hybridized carbons (Fsp3) is 0.188. The maximum atomic E-state index is 13.8. The van der Waals surface area contributed by atoms with Gasteiger partial charge in [0.25, 0.3) is 0 Å². The van der Waals surface area contributed by atoms with Gasteiger partial charge >= 0.3 is 5.97 Å². The summed E-state index contributed by atoms with van der Waals surface area (Å²) >= 11 is 1.66. The Kier molecular flexibility index (Phi) is 5.22. The Hall–Kier alpha value is -2.01. The lowest BCUT2D eigenvalue weighted by molar-refractivity contribution is 0.0595. The molecule has 0 amide bonds. The van der Waals surface area contributed by atoms with E-state index in [-0.39, 0.29) is 5.56 Å². The monoisotopic (exact) mass is 305 g/mol. The number of carbonyl (C=O) groups excluding carboxylic acids is 1. The van der Waals surface area contributed by atoms with Gasteiger partial charge in [-0.05, 0) is 42.2 Å². The second-order valence-corrected chi connectivity index (χ2v) is 5.27. The average Bonchev–Trinajstić information content (AvgIpc) is 2.52. The molecule has 0 radical (unpaired) electrons. The van der Waals surface area contributed by atoms with Gasteiger partial charge in [-0.3, -0.25) is 0 Å². The summed E-state index contributed by atoms with van der Waals surface area (Å²) in [5, 5.41) is 3.23. The fourth-order valence-electron chi connectivity index (χ4n) is 1.88. The van der Waals surface area contributed by atoms with Crippen LogP contribution in [0.4, 0.5) is 10.1 Å². The number of carbonyl (C=O) groups is 1. The molecule has 0 spiro atoms. The number of hydrogen-bond acceptors (Lipinski definition) is 4. The maximum Gasteiger partial charge on any atom is 0.340 e. The van der Waals surface area contributed by atoms with E-state index in [1.807, 2.05) is 30.5 Å². The third-order valence-corrected chi connectivity index (χ3v) is 3.73. The van der Waals surface area contributed by atoms with Crippen molar-refractivity contribution in [1.82, 2.24) is 0 Å². The van der Waals surface area contributed by atoms with Crippen molar-refractivity contribution in [3.05, 3.63) is 59.4 Å². The van der Waals surface area contributed by atoms with E-state index in [2.05, 4.69) is 10.1 Å². The summed E-state index contributed by atoms with van der Waals surface area (Å²) in [7, 11) is 1.23. The van der Waals surface area contributed by atoms with Crippen LogP contribution in [-0.4, -0.2) is 19.3 Å². The third kappa shape index (κ3) is 3.98. The van der Waals surface area contributed by atoms with Crippen LogP contribution >= 0.6 is 11.8 Å². The van der Waals surface area contributed by atoms with Gasteiger partial charge in [0.1, 0.15) is 5.82 Å². The van der Waals surface area contributed by atoms with E-state index in [4.69, 9.17) is 0 Å². The number of ether oxygens (including phenoxy) is 1. The highest BCUT2D eigenvalue weighted by atomic mass is 32.2. The molecule has 0 unspecified atom stereocenters. The predicted octanol–water partition coefficient (Wildman–Crippen LogP) is 3.95. The minimum atomic E-state index is -0.667. The van der Waals surface area contributed by atoms with Crippen LogP contribution in [0.15, 0.2) is 47.4 Å². The first-order valence-electron chi connectivity index (χ1n) is 6.38. The molecule has 0 fully saturated rings. The molecule has 0 bridgehead atoms. The van der Waals surface area contributed by atoms with Crippen molar-refractivity contribution in [3.63, 3.8) is 0 Å². The Morgan fingerprint density at radius 3 is 2.76 bits per heavy atom. The average molecular weight is 305 g/mol.